The van der Waals surface area contributed by atoms with Crippen molar-refractivity contribution in [2.24, 2.45) is 4.99 Å². The smallest absolute Gasteiger partial charge is 0.279 e. The molecule has 4 rings (SSSR count). The fraction of sp³-hybridized carbons (Fsp3) is 0.300. The first-order valence-corrected chi connectivity index (χ1v) is 9.65. The van der Waals surface area contributed by atoms with Crippen molar-refractivity contribution in [3.05, 3.63) is 46.8 Å². The molecule has 0 saturated carbocycles. The van der Waals surface area contributed by atoms with Gasteiger partial charge in [-0.05, 0) is 45.0 Å². The number of aryl methyl sites for hydroxylation is 1. The Balaban J connectivity index is 1.70. The van der Waals surface area contributed by atoms with Gasteiger partial charge >= 0.3 is 0 Å². The minimum absolute atomic E-state index is 0.0906. The van der Waals surface area contributed by atoms with Crippen LogP contribution in [-0.2, 0) is 6.54 Å². The molecule has 1 aliphatic heterocycles. The number of aromatic nitrogens is 1. The first kappa shape index (κ1) is 17.6. The summed E-state index contributed by atoms with van der Waals surface area (Å²) in [4.78, 5) is 17.6. The Morgan fingerprint density at radius 2 is 1.93 bits per heavy atom. The van der Waals surface area contributed by atoms with Crippen LogP contribution in [0.4, 0.5) is 0 Å². The second-order valence-corrected chi connectivity index (χ2v) is 7.42. The van der Waals surface area contributed by atoms with Crippen LogP contribution >= 0.6 is 11.3 Å². The number of fused-ring (bicyclic) bond motifs is 2. The van der Waals surface area contributed by atoms with Crippen molar-refractivity contribution >= 4 is 27.5 Å². The summed E-state index contributed by atoms with van der Waals surface area (Å²) in [6, 6.07) is 10.9. The lowest BCUT2D eigenvalue weighted by atomic mass is 10.2. The summed E-state index contributed by atoms with van der Waals surface area (Å²) in [5.41, 5.74) is 1.51. The van der Waals surface area contributed by atoms with Gasteiger partial charge < -0.3 is 18.8 Å². The molecule has 0 spiro atoms. The van der Waals surface area contributed by atoms with Gasteiger partial charge in [0.2, 0.25) is 6.79 Å². The van der Waals surface area contributed by atoms with Crippen LogP contribution in [0.3, 0.4) is 0 Å². The molecule has 0 saturated heterocycles. The molecule has 0 radical (unpaired) electrons. The summed E-state index contributed by atoms with van der Waals surface area (Å²) in [6.07, 6.45) is 0.0906. The standard InChI is InChI=1S/C20H20N2O4S/c1-4-22-15-9-16-17(25-11-24-16)10-18(15)27-20(22)21-19(23)13-5-7-14(8-6-13)26-12(2)3/h5-10,12H,4,11H2,1-3H3. The first-order valence-electron chi connectivity index (χ1n) is 8.84. The molecule has 7 heteroatoms. The number of thiazole rings is 1. The minimum atomic E-state index is -0.278. The molecule has 0 fully saturated rings. The third-order valence-electron chi connectivity index (χ3n) is 4.16. The third kappa shape index (κ3) is 3.42. The molecular formula is C20H20N2O4S. The van der Waals surface area contributed by atoms with Gasteiger partial charge in [0.15, 0.2) is 16.3 Å². The summed E-state index contributed by atoms with van der Waals surface area (Å²) < 4.78 is 19.5. The molecule has 2 aromatic carbocycles. The van der Waals surface area contributed by atoms with Crippen LogP contribution in [-0.4, -0.2) is 23.4 Å². The predicted octanol–water partition coefficient (Wildman–Crippen LogP) is 3.98. The van der Waals surface area contributed by atoms with E-state index in [9.17, 15) is 4.79 Å². The molecular weight excluding hydrogens is 364 g/mol. The molecule has 1 aromatic heterocycles. The molecule has 1 amide bonds. The molecule has 2 heterocycles. The number of ether oxygens (including phenoxy) is 3. The number of nitrogens with zero attached hydrogens (tertiary/aromatic N) is 2. The van der Waals surface area contributed by atoms with Crippen molar-refractivity contribution in [2.45, 2.75) is 33.4 Å². The number of rotatable bonds is 4. The highest BCUT2D eigenvalue weighted by molar-refractivity contribution is 7.16. The van der Waals surface area contributed by atoms with Gasteiger partial charge in [0.25, 0.3) is 5.91 Å². The number of carbonyl (C=O) groups excluding carboxylic acids is 1. The Kier molecular flexibility index (Phi) is 4.61. The predicted molar refractivity (Wildman–Crippen MR) is 104 cm³/mol. The summed E-state index contributed by atoms with van der Waals surface area (Å²) in [5, 5.41) is 0. The molecule has 0 atom stereocenters. The van der Waals surface area contributed by atoms with Crippen LogP contribution in [0.2, 0.25) is 0 Å². The normalized spacial score (nSPS) is 13.6. The minimum Gasteiger partial charge on any atom is -0.491 e. The second-order valence-electron chi connectivity index (χ2n) is 6.41. The largest absolute Gasteiger partial charge is 0.491 e. The van der Waals surface area contributed by atoms with Crippen molar-refractivity contribution < 1.29 is 19.0 Å². The second kappa shape index (κ2) is 7.08. The lowest BCUT2D eigenvalue weighted by Gasteiger charge is -2.09. The van der Waals surface area contributed by atoms with E-state index in [4.69, 9.17) is 14.2 Å². The molecule has 0 N–H and O–H groups in total. The number of amides is 1. The van der Waals surface area contributed by atoms with E-state index in [0.29, 0.717) is 16.9 Å². The Bertz CT molecular complexity index is 1060. The van der Waals surface area contributed by atoms with Crippen molar-refractivity contribution in [3.63, 3.8) is 0 Å². The molecule has 0 bridgehead atoms. The van der Waals surface area contributed by atoms with Gasteiger partial charge in [-0.2, -0.15) is 4.99 Å². The summed E-state index contributed by atoms with van der Waals surface area (Å²) >= 11 is 1.46. The van der Waals surface area contributed by atoms with Crippen LogP contribution in [0, 0.1) is 0 Å². The highest BCUT2D eigenvalue weighted by Gasteiger charge is 2.17. The number of hydrogen-bond donors (Lipinski definition) is 0. The van der Waals surface area contributed by atoms with E-state index in [1.807, 2.05) is 37.5 Å². The molecule has 6 nitrogen and oxygen atoms in total. The van der Waals surface area contributed by atoms with Gasteiger partial charge in [0.05, 0.1) is 16.3 Å². The van der Waals surface area contributed by atoms with Gasteiger partial charge in [-0.15, -0.1) is 0 Å². The maximum absolute atomic E-state index is 12.6. The van der Waals surface area contributed by atoms with Crippen molar-refractivity contribution in [1.82, 2.24) is 4.57 Å². The summed E-state index contributed by atoms with van der Waals surface area (Å²) in [6.45, 7) is 6.90. The zero-order chi connectivity index (χ0) is 19.0. The van der Waals surface area contributed by atoms with Gasteiger partial charge in [-0.25, -0.2) is 0 Å². The van der Waals surface area contributed by atoms with Gasteiger partial charge in [0.1, 0.15) is 5.75 Å². The van der Waals surface area contributed by atoms with Crippen LogP contribution in [0.1, 0.15) is 31.1 Å². The SMILES string of the molecule is CCn1c(=NC(=O)c2ccc(OC(C)C)cc2)sc2cc3c(cc21)OCO3. The van der Waals surface area contributed by atoms with Crippen LogP contribution in [0.15, 0.2) is 41.4 Å². The van der Waals surface area contributed by atoms with E-state index in [0.717, 1.165) is 27.5 Å². The highest BCUT2D eigenvalue weighted by atomic mass is 32.1. The summed E-state index contributed by atoms with van der Waals surface area (Å²) in [5.74, 6) is 1.91. The van der Waals surface area contributed by atoms with Gasteiger partial charge in [-0.3, -0.25) is 4.79 Å². The topological polar surface area (TPSA) is 62.1 Å². The lowest BCUT2D eigenvalue weighted by Crippen LogP contribution is -2.15. The Hall–Kier alpha value is -2.80. The lowest BCUT2D eigenvalue weighted by molar-refractivity contribution is 0.0998. The van der Waals surface area contributed by atoms with Crippen LogP contribution in [0.5, 0.6) is 17.2 Å². The number of hydrogen-bond acceptors (Lipinski definition) is 5. The van der Waals surface area contributed by atoms with E-state index in [-0.39, 0.29) is 18.8 Å². The number of benzene rings is 2. The average molecular weight is 384 g/mol. The molecule has 0 aliphatic carbocycles. The third-order valence-corrected chi connectivity index (χ3v) is 5.20. The van der Waals surface area contributed by atoms with Gasteiger partial charge in [0, 0.05) is 24.2 Å². The fourth-order valence-electron chi connectivity index (χ4n) is 2.95. The summed E-state index contributed by atoms with van der Waals surface area (Å²) in [7, 11) is 0. The zero-order valence-electron chi connectivity index (χ0n) is 15.4. The van der Waals surface area contributed by atoms with Crippen molar-refractivity contribution in [3.8, 4) is 17.2 Å². The molecule has 27 heavy (non-hydrogen) atoms. The van der Waals surface area contributed by atoms with E-state index in [1.165, 1.54) is 11.3 Å². The Labute approximate surface area is 160 Å². The van der Waals surface area contributed by atoms with E-state index >= 15 is 0 Å². The zero-order valence-corrected chi connectivity index (χ0v) is 16.2. The van der Waals surface area contributed by atoms with E-state index in [2.05, 4.69) is 4.99 Å². The van der Waals surface area contributed by atoms with Crippen molar-refractivity contribution in [2.75, 3.05) is 6.79 Å². The van der Waals surface area contributed by atoms with Crippen LogP contribution < -0.4 is 19.0 Å². The highest BCUT2D eigenvalue weighted by Crippen LogP contribution is 2.36. The maximum Gasteiger partial charge on any atom is 0.279 e. The maximum atomic E-state index is 12.6. The Morgan fingerprint density at radius 3 is 2.59 bits per heavy atom. The average Bonchev–Trinajstić information content (AvgIpc) is 3.22. The molecule has 1 aliphatic rings. The van der Waals surface area contributed by atoms with Crippen molar-refractivity contribution in [1.29, 1.82) is 0 Å². The number of carbonyl (C=O) groups is 1. The molecule has 140 valence electrons. The van der Waals surface area contributed by atoms with E-state index < -0.39 is 0 Å². The van der Waals surface area contributed by atoms with E-state index in [1.54, 1.807) is 24.3 Å². The first-order chi connectivity index (χ1) is 13.0. The quantitative estimate of drug-likeness (QED) is 0.683. The fourth-order valence-corrected chi connectivity index (χ4v) is 4.05. The van der Waals surface area contributed by atoms with Crippen LogP contribution in [0.25, 0.3) is 10.2 Å². The molecule has 0 unspecified atom stereocenters. The monoisotopic (exact) mass is 384 g/mol. The Morgan fingerprint density at radius 1 is 1.22 bits per heavy atom. The van der Waals surface area contributed by atoms with Gasteiger partial charge in [-0.1, -0.05) is 11.3 Å². The molecule has 3 aromatic rings.